The average Bonchev–Trinajstić information content (AvgIpc) is 2.80. The molecular formula is C21H18F2N2O. The van der Waals surface area contributed by atoms with Crippen LogP contribution in [0.15, 0.2) is 71.6 Å². The van der Waals surface area contributed by atoms with Gasteiger partial charge in [-0.3, -0.25) is 9.69 Å². The van der Waals surface area contributed by atoms with E-state index in [1.807, 2.05) is 0 Å². The molecule has 1 aliphatic carbocycles. The number of nitrogens with one attached hydrogen (secondary N) is 1. The van der Waals surface area contributed by atoms with E-state index in [0.717, 1.165) is 37.0 Å². The second kappa shape index (κ2) is 6.75. The number of nitrogens with zero attached hydrogens (tertiary/aromatic N) is 1. The van der Waals surface area contributed by atoms with E-state index in [0.29, 0.717) is 17.1 Å². The molecule has 0 saturated carbocycles. The van der Waals surface area contributed by atoms with Gasteiger partial charge in [-0.15, -0.1) is 0 Å². The summed E-state index contributed by atoms with van der Waals surface area (Å²) in [5, 5.41) is 3.16. The number of carbonyl (C=O) groups excluding carboxylic acids is 1. The third-order valence-corrected chi connectivity index (χ3v) is 4.69. The Morgan fingerprint density at radius 1 is 0.885 bits per heavy atom. The van der Waals surface area contributed by atoms with Gasteiger partial charge in [0.05, 0.1) is 5.70 Å². The van der Waals surface area contributed by atoms with E-state index in [1.54, 1.807) is 29.2 Å². The highest BCUT2D eigenvalue weighted by atomic mass is 19.1. The minimum absolute atomic E-state index is 0.177. The molecule has 2 aliphatic rings. The van der Waals surface area contributed by atoms with Crippen molar-refractivity contribution in [3.8, 4) is 0 Å². The van der Waals surface area contributed by atoms with Crippen LogP contribution in [0.5, 0.6) is 0 Å². The maximum atomic E-state index is 13.3. The molecule has 3 nitrogen and oxygen atoms in total. The third-order valence-electron chi connectivity index (χ3n) is 4.69. The molecule has 1 aliphatic heterocycles. The molecule has 4 rings (SSSR count). The van der Waals surface area contributed by atoms with Crippen molar-refractivity contribution in [2.75, 3.05) is 10.2 Å². The minimum atomic E-state index is -0.340. The molecule has 0 bridgehead atoms. The molecule has 0 unspecified atom stereocenters. The van der Waals surface area contributed by atoms with Crippen molar-refractivity contribution in [2.45, 2.75) is 25.7 Å². The fraction of sp³-hybridized carbons (Fsp3) is 0.190. The number of fused-ring (bicyclic) bond motifs is 1. The molecule has 0 radical (unpaired) electrons. The molecule has 0 fully saturated rings. The molecule has 132 valence electrons. The monoisotopic (exact) mass is 352 g/mol. The summed E-state index contributed by atoms with van der Waals surface area (Å²) < 4.78 is 26.5. The third kappa shape index (κ3) is 3.01. The van der Waals surface area contributed by atoms with Crippen LogP contribution in [0.4, 0.5) is 20.2 Å². The highest BCUT2D eigenvalue weighted by Crippen LogP contribution is 2.39. The normalized spacial score (nSPS) is 17.1. The number of carbonyl (C=O) groups is 1. The number of allylic oxidation sites excluding steroid dienone is 2. The molecular weight excluding hydrogens is 334 g/mol. The first-order valence-electron chi connectivity index (χ1n) is 8.70. The van der Waals surface area contributed by atoms with Crippen molar-refractivity contribution in [3.05, 3.63) is 83.2 Å². The van der Waals surface area contributed by atoms with E-state index in [4.69, 9.17) is 0 Å². The molecule has 0 aromatic heterocycles. The Labute approximate surface area is 150 Å². The summed E-state index contributed by atoms with van der Waals surface area (Å²) in [6.45, 7) is 0. The molecule has 0 atom stereocenters. The first kappa shape index (κ1) is 16.5. The van der Waals surface area contributed by atoms with E-state index in [1.165, 1.54) is 24.3 Å². The van der Waals surface area contributed by atoms with Gasteiger partial charge in [0.1, 0.15) is 17.3 Å². The van der Waals surface area contributed by atoms with E-state index in [9.17, 15) is 13.6 Å². The molecule has 1 heterocycles. The fourth-order valence-electron chi connectivity index (χ4n) is 3.42. The number of hydrogen-bond acceptors (Lipinski definition) is 2. The van der Waals surface area contributed by atoms with E-state index >= 15 is 0 Å². The lowest BCUT2D eigenvalue weighted by Crippen LogP contribution is -2.27. The largest absolute Gasteiger partial charge is 0.351 e. The second-order valence-corrected chi connectivity index (χ2v) is 6.44. The van der Waals surface area contributed by atoms with Crippen LogP contribution >= 0.6 is 0 Å². The van der Waals surface area contributed by atoms with Gasteiger partial charge < -0.3 is 5.32 Å². The maximum Gasteiger partial charge on any atom is 0.279 e. The van der Waals surface area contributed by atoms with Gasteiger partial charge in [0.25, 0.3) is 5.91 Å². The Kier molecular flexibility index (Phi) is 4.29. The van der Waals surface area contributed by atoms with Gasteiger partial charge in [0, 0.05) is 16.9 Å². The number of anilines is 2. The summed E-state index contributed by atoms with van der Waals surface area (Å²) in [4.78, 5) is 14.8. The Hall–Kier alpha value is -2.95. The Morgan fingerprint density at radius 2 is 1.54 bits per heavy atom. The molecule has 2 aromatic carbocycles. The summed E-state index contributed by atoms with van der Waals surface area (Å²) >= 11 is 0. The molecule has 26 heavy (non-hydrogen) atoms. The topological polar surface area (TPSA) is 32.3 Å². The number of amides is 1. The molecule has 0 saturated heterocycles. The van der Waals surface area contributed by atoms with Crippen molar-refractivity contribution in [1.29, 1.82) is 0 Å². The van der Waals surface area contributed by atoms with Gasteiger partial charge in [-0.25, -0.2) is 8.78 Å². The summed E-state index contributed by atoms with van der Waals surface area (Å²) in [5.41, 5.74) is 3.63. The van der Waals surface area contributed by atoms with Gasteiger partial charge >= 0.3 is 0 Å². The van der Waals surface area contributed by atoms with Crippen LogP contribution in [-0.2, 0) is 4.79 Å². The Bertz CT molecular complexity index is 899. The lowest BCUT2D eigenvalue weighted by Gasteiger charge is -2.19. The fourth-order valence-corrected chi connectivity index (χ4v) is 3.42. The molecule has 5 heteroatoms. The predicted octanol–water partition coefficient (Wildman–Crippen LogP) is 5.14. The number of hydrogen-bond donors (Lipinski definition) is 1. The zero-order chi connectivity index (χ0) is 18.1. The molecule has 0 spiro atoms. The zero-order valence-corrected chi connectivity index (χ0v) is 14.1. The summed E-state index contributed by atoms with van der Waals surface area (Å²) in [5.74, 6) is -0.842. The van der Waals surface area contributed by atoms with Crippen molar-refractivity contribution < 1.29 is 13.6 Å². The van der Waals surface area contributed by atoms with Crippen LogP contribution in [0.25, 0.3) is 0 Å². The van der Waals surface area contributed by atoms with Gasteiger partial charge in [0.2, 0.25) is 0 Å². The van der Waals surface area contributed by atoms with E-state index in [-0.39, 0.29) is 17.5 Å². The maximum absolute atomic E-state index is 13.3. The predicted molar refractivity (Wildman–Crippen MR) is 97.5 cm³/mol. The Morgan fingerprint density at radius 3 is 2.23 bits per heavy atom. The highest BCUT2D eigenvalue weighted by Gasteiger charge is 2.36. The van der Waals surface area contributed by atoms with Crippen LogP contribution in [0.2, 0.25) is 0 Å². The summed E-state index contributed by atoms with van der Waals surface area (Å²) in [6, 6.07) is 11.8. The van der Waals surface area contributed by atoms with Gasteiger partial charge in [-0.1, -0.05) is 6.08 Å². The molecule has 1 amide bonds. The summed E-state index contributed by atoms with van der Waals surface area (Å²) in [7, 11) is 0. The van der Waals surface area contributed by atoms with E-state index < -0.39 is 0 Å². The van der Waals surface area contributed by atoms with Crippen LogP contribution < -0.4 is 10.2 Å². The van der Waals surface area contributed by atoms with Crippen molar-refractivity contribution in [2.24, 2.45) is 0 Å². The lowest BCUT2D eigenvalue weighted by molar-refractivity contribution is -0.114. The van der Waals surface area contributed by atoms with Gasteiger partial charge in [-0.2, -0.15) is 0 Å². The number of halogens is 2. The molecule has 2 aromatic rings. The number of benzene rings is 2. The smallest absolute Gasteiger partial charge is 0.279 e. The minimum Gasteiger partial charge on any atom is -0.351 e. The average molecular weight is 352 g/mol. The quantitative estimate of drug-likeness (QED) is 0.830. The zero-order valence-electron chi connectivity index (χ0n) is 14.1. The Balaban J connectivity index is 1.74. The van der Waals surface area contributed by atoms with Gasteiger partial charge in [0.15, 0.2) is 0 Å². The van der Waals surface area contributed by atoms with Gasteiger partial charge in [-0.05, 0) is 74.2 Å². The SMILES string of the molecule is O=C1C(Nc2ccc(F)cc2)=C2CCCCC=C2N1c1ccc(F)cc1. The highest BCUT2D eigenvalue weighted by molar-refractivity contribution is 6.14. The summed E-state index contributed by atoms with van der Waals surface area (Å²) in [6.07, 6.45) is 5.81. The van der Waals surface area contributed by atoms with E-state index in [2.05, 4.69) is 11.4 Å². The van der Waals surface area contributed by atoms with Crippen LogP contribution in [0, 0.1) is 11.6 Å². The van der Waals surface area contributed by atoms with Crippen LogP contribution in [-0.4, -0.2) is 5.91 Å². The van der Waals surface area contributed by atoms with Crippen LogP contribution in [0.1, 0.15) is 25.7 Å². The van der Waals surface area contributed by atoms with Crippen LogP contribution in [0.3, 0.4) is 0 Å². The standard InChI is InChI=1S/C21H18F2N2O/c22-14-6-10-16(11-7-14)24-20-18-4-2-1-3-5-19(18)25(21(20)26)17-12-8-15(23)9-13-17/h5-13,24H,1-4H2. The first-order chi connectivity index (χ1) is 12.6. The van der Waals surface area contributed by atoms with Crippen molar-refractivity contribution in [3.63, 3.8) is 0 Å². The number of rotatable bonds is 3. The van der Waals surface area contributed by atoms with Crippen molar-refractivity contribution >= 4 is 17.3 Å². The first-order valence-corrected chi connectivity index (χ1v) is 8.70. The second-order valence-electron chi connectivity index (χ2n) is 6.44. The lowest BCUT2D eigenvalue weighted by atomic mass is 10.1. The van der Waals surface area contributed by atoms with Crippen molar-refractivity contribution in [1.82, 2.24) is 0 Å². The molecule has 1 N–H and O–H groups in total.